The average molecular weight is 338 g/mol. The Bertz CT molecular complexity index is 588. The van der Waals surface area contributed by atoms with Gasteiger partial charge in [0.1, 0.15) is 11.6 Å². The molecule has 20 heavy (non-hydrogen) atoms. The van der Waals surface area contributed by atoms with Gasteiger partial charge in [-0.15, -0.1) is 0 Å². The molecule has 2 rings (SSSR count). The van der Waals surface area contributed by atoms with Gasteiger partial charge in [-0.05, 0) is 36.9 Å². The Morgan fingerprint density at radius 3 is 2.50 bits per heavy atom. The summed E-state index contributed by atoms with van der Waals surface area (Å²) < 4.78 is 19.9. The summed E-state index contributed by atoms with van der Waals surface area (Å²) in [4.78, 5) is 2.07. The van der Waals surface area contributed by atoms with Crippen LogP contribution in [0.2, 0.25) is 0 Å². The van der Waals surface area contributed by atoms with E-state index in [1.165, 1.54) is 6.07 Å². The lowest BCUT2D eigenvalue weighted by Gasteiger charge is -2.18. The summed E-state index contributed by atoms with van der Waals surface area (Å²) in [5.74, 6) is 0.659. The Morgan fingerprint density at radius 2 is 1.80 bits per heavy atom. The zero-order valence-electron chi connectivity index (χ0n) is 11.6. The minimum absolute atomic E-state index is 0.163. The highest BCUT2D eigenvalue weighted by Gasteiger charge is 2.08. The first-order chi connectivity index (χ1) is 9.60. The number of hydrogen-bond donors (Lipinski definition) is 0. The van der Waals surface area contributed by atoms with E-state index in [0.29, 0.717) is 18.7 Å². The van der Waals surface area contributed by atoms with Crippen molar-refractivity contribution in [3.8, 4) is 5.75 Å². The van der Waals surface area contributed by atoms with Gasteiger partial charge in [-0.1, -0.05) is 34.1 Å². The molecule has 4 heteroatoms. The first kappa shape index (κ1) is 15.0. The van der Waals surface area contributed by atoms with Gasteiger partial charge in [-0.25, -0.2) is 4.39 Å². The molecule has 0 aliphatic heterocycles. The van der Waals surface area contributed by atoms with Gasteiger partial charge >= 0.3 is 0 Å². The van der Waals surface area contributed by atoms with E-state index in [1.54, 1.807) is 13.2 Å². The van der Waals surface area contributed by atoms with Gasteiger partial charge in [0, 0.05) is 23.1 Å². The normalized spacial score (nSPS) is 10.8. The summed E-state index contributed by atoms with van der Waals surface area (Å²) in [5, 5.41) is 0. The molecule has 0 fully saturated rings. The van der Waals surface area contributed by atoms with Crippen molar-refractivity contribution in [2.45, 2.75) is 13.1 Å². The largest absolute Gasteiger partial charge is 0.497 e. The number of ether oxygens (including phenoxy) is 1. The van der Waals surface area contributed by atoms with E-state index in [9.17, 15) is 4.39 Å². The van der Waals surface area contributed by atoms with Crippen LogP contribution in [0.5, 0.6) is 5.75 Å². The molecule has 0 N–H and O–H groups in total. The SMILES string of the molecule is COc1ccc(Br)c(CN(C)Cc2ccccc2F)c1. The Morgan fingerprint density at radius 1 is 1.10 bits per heavy atom. The van der Waals surface area contributed by atoms with Crippen molar-refractivity contribution >= 4 is 15.9 Å². The van der Waals surface area contributed by atoms with Gasteiger partial charge in [0.2, 0.25) is 0 Å². The fraction of sp³-hybridized carbons (Fsp3) is 0.250. The molecule has 2 aromatic carbocycles. The fourth-order valence-electron chi connectivity index (χ4n) is 2.06. The van der Waals surface area contributed by atoms with Gasteiger partial charge in [0.05, 0.1) is 7.11 Å². The smallest absolute Gasteiger partial charge is 0.127 e. The van der Waals surface area contributed by atoms with Crippen molar-refractivity contribution in [2.75, 3.05) is 14.2 Å². The third-order valence-electron chi connectivity index (χ3n) is 3.09. The summed E-state index contributed by atoms with van der Waals surface area (Å²) in [6, 6.07) is 12.7. The van der Waals surface area contributed by atoms with Crippen molar-refractivity contribution in [1.29, 1.82) is 0 Å². The highest BCUT2D eigenvalue weighted by molar-refractivity contribution is 9.10. The standard InChI is InChI=1S/C16H17BrFNO/c1-19(10-12-5-3-4-6-16(12)18)11-13-9-14(20-2)7-8-15(13)17/h3-9H,10-11H2,1-2H3. The van der Waals surface area contributed by atoms with E-state index in [4.69, 9.17) is 4.74 Å². The number of benzene rings is 2. The zero-order valence-corrected chi connectivity index (χ0v) is 13.2. The molecule has 0 atom stereocenters. The predicted molar refractivity (Wildman–Crippen MR) is 82.3 cm³/mol. The number of methoxy groups -OCH3 is 1. The second kappa shape index (κ2) is 6.86. The Balaban J connectivity index is 2.08. The summed E-state index contributed by atoms with van der Waals surface area (Å²) in [5.41, 5.74) is 1.82. The molecular formula is C16H17BrFNO. The molecule has 0 radical (unpaired) electrons. The molecule has 0 bridgehead atoms. The van der Waals surface area contributed by atoms with Crippen LogP contribution >= 0.6 is 15.9 Å². The van der Waals surface area contributed by atoms with E-state index >= 15 is 0 Å². The van der Waals surface area contributed by atoms with Crippen molar-refractivity contribution in [2.24, 2.45) is 0 Å². The van der Waals surface area contributed by atoms with E-state index in [0.717, 1.165) is 15.8 Å². The highest BCUT2D eigenvalue weighted by atomic mass is 79.9. The van der Waals surface area contributed by atoms with Crippen LogP contribution in [0.4, 0.5) is 4.39 Å². The number of halogens is 2. The van der Waals surface area contributed by atoms with Crippen LogP contribution in [0.3, 0.4) is 0 Å². The van der Waals surface area contributed by atoms with Crippen molar-refractivity contribution in [3.05, 3.63) is 63.9 Å². The summed E-state index contributed by atoms with van der Waals surface area (Å²) in [6.45, 7) is 1.28. The van der Waals surface area contributed by atoms with Gasteiger partial charge in [0.25, 0.3) is 0 Å². The van der Waals surface area contributed by atoms with Crippen LogP contribution in [0.1, 0.15) is 11.1 Å². The van der Waals surface area contributed by atoms with E-state index in [2.05, 4.69) is 20.8 Å². The van der Waals surface area contributed by atoms with Crippen molar-refractivity contribution < 1.29 is 9.13 Å². The maximum atomic E-state index is 13.6. The second-order valence-electron chi connectivity index (χ2n) is 4.72. The van der Waals surface area contributed by atoms with E-state index in [-0.39, 0.29) is 5.82 Å². The van der Waals surface area contributed by atoms with Crippen molar-refractivity contribution in [1.82, 2.24) is 4.90 Å². The number of hydrogen-bond acceptors (Lipinski definition) is 2. The lowest BCUT2D eigenvalue weighted by atomic mass is 10.1. The zero-order chi connectivity index (χ0) is 14.5. The first-order valence-corrected chi connectivity index (χ1v) is 7.14. The predicted octanol–water partition coefficient (Wildman–Crippen LogP) is 4.23. The van der Waals surface area contributed by atoms with Gasteiger partial charge < -0.3 is 4.74 Å². The maximum absolute atomic E-state index is 13.6. The quantitative estimate of drug-likeness (QED) is 0.809. The molecule has 106 valence electrons. The van der Waals surface area contributed by atoms with Crippen molar-refractivity contribution in [3.63, 3.8) is 0 Å². The van der Waals surface area contributed by atoms with Crippen LogP contribution in [-0.2, 0) is 13.1 Å². The lowest BCUT2D eigenvalue weighted by Crippen LogP contribution is -2.18. The lowest BCUT2D eigenvalue weighted by molar-refractivity contribution is 0.312. The van der Waals surface area contributed by atoms with Crippen LogP contribution in [0.15, 0.2) is 46.9 Å². The topological polar surface area (TPSA) is 12.5 Å². The number of rotatable bonds is 5. The van der Waals surface area contributed by atoms with Gasteiger partial charge in [0.15, 0.2) is 0 Å². The molecule has 0 heterocycles. The molecule has 2 nitrogen and oxygen atoms in total. The Labute approximate surface area is 127 Å². The summed E-state index contributed by atoms with van der Waals surface area (Å²) >= 11 is 3.53. The summed E-state index contributed by atoms with van der Waals surface area (Å²) in [6.07, 6.45) is 0. The second-order valence-corrected chi connectivity index (χ2v) is 5.58. The minimum atomic E-state index is -0.163. The third-order valence-corrected chi connectivity index (χ3v) is 3.86. The monoisotopic (exact) mass is 337 g/mol. The highest BCUT2D eigenvalue weighted by Crippen LogP contribution is 2.24. The molecular weight excluding hydrogens is 321 g/mol. The van der Waals surface area contributed by atoms with Crippen LogP contribution in [-0.4, -0.2) is 19.1 Å². The Hall–Kier alpha value is -1.39. The van der Waals surface area contributed by atoms with E-state index in [1.807, 2.05) is 37.4 Å². The Kier molecular flexibility index (Phi) is 5.15. The van der Waals surface area contributed by atoms with Crippen LogP contribution in [0, 0.1) is 5.82 Å². The third kappa shape index (κ3) is 3.81. The fourth-order valence-corrected chi connectivity index (χ4v) is 2.44. The summed E-state index contributed by atoms with van der Waals surface area (Å²) in [7, 11) is 3.62. The first-order valence-electron chi connectivity index (χ1n) is 6.34. The molecule has 0 spiro atoms. The molecule has 0 unspecified atom stereocenters. The molecule has 0 saturated heterocycles. The molecule has 0 amide bonds. The maximum Gasteiger partial charge on any atom is 0.127 e. The average Bonchev–Trinajstić information content (AvgIpc) is 2.44. The van der Waals surface area contributed by atoms with Gasteiger partial charge in [-0.2, -0.15) is 0 Å². The molecule has 0 aliphatic carbocycles. The number of nitrogens with zero attached hydrogens (tertiary/aromatic N) is 1. The molecule has 2 aromatic rings. The van der Waals surface area contributed by atoms with Crippen LogP contribution in [0.25, 0.3) is 0 Å². The van der Waals surface area contributed by atoms with Gasteiger partial charge in [-0.3, -0.25) is 4.90 Å². The molecule has 0 saturated carbocycles. The molecule has 0 aromatic heterocycles. The molecule has 0 aliphatic rings. The minimum Gasteiger partial charge on any atom is -0.497 e. The van der Waals surface area contributed by atoms with E-state index < -0.39 is 0 Å². The van der Waals surface area contributed by atoms with Crippen LogP contribution < -0.4 is 4.74 Å².